The summed E-state index contributed by atoms with van der Waals surface area (Å²) in [5.41, 5.74) is 4.33. The molecule has 0 radical (unpaired) electrons. The van der Waals surface area contributed by atoms with Gasteiger partial charge in [-0.05, 0) is 85.0 Å². The third kappa shape index (κ3) is 3.99. The monoisotopic (exact) mass is 474 g/mol. The molecule has 3 aliphatic carbocycles. The molecule has 0 amide bonds. The number of fused-ring (bicyclic) bond motifs is 3. The van der Waals surface area contributed by atoms with E-state index in [1.807, 2.05) is 19.1 Å². The van der Waals surface area contributed by atoms with Crippen LogP contribution in [0.2, 0.25) is 5.02 Å². The average molecular weight is 475 g/mol. The molecule has 176 valence electrons. The summed E-state index contributed by atoms with van der Waals surface area (Å²) >= 11 is 6.50. The van der Waals surface area contributed by atoms with Gasteiger partial charge >= 0.3 is 5.97 Å². The molecule has 0 heterocycles. The number of benzene rings is 2. The molecule has 3 aliphatic rings. The fourth-order valence-corrected chi connectivity index (χ4v) is 6.91. The van der Waals surface area contributed by atoms with Gasteiger partial charge in [-0.1, -0.05) is 56.1 Å². The minimum atomic E-state index is -0.909. The number of hydrogen-bond acceptors (Lipinski definition) is 3. The summed E-state index contributed by atoms with van der Waals surface area (Å²) in [5.74, 6) is -1.58. The first kappa shape index (κ1) is 24.3. The lowest BCUT2D eigenvalue weighted by Gasteiger charge is -2.54. The first-order chi connectivity index (χ1) is 16.3. The summed E-state index contributed by atoms with van der Waals surface area (Å²) < 4.78 is 0. The zero-order valence-corrected chi connectivity index (χ0v) is 20.7. The highest BCUT2D eigenvalue weighted by Gasteiger charge is 2.49. The topological polar surface area (TPSA) is 84.9 Å². The van der Waals surface area contributed by atoms with E-state index in [1.54, 1.807) is 12.1 Å². The van der Waals surface area contributed by atoms with E-state index in [9.17, 15) is 20.4 Å². The van der Waals surface area contributed by atoms with Crippen molar-refractivity contribution in [2.24, 2.45) is 5.41 Å². The van der Waals surface area contributed by atoms with Crippen molar-refractivity contribution in [1.82, 2.24) is 0 Å². The molecule has 1 unspecified atom stereocenters. The number of nitriles is 2. The molecule has 0 aromatic heterocycles. The molecule has 2 aromatic carbocycles. The Bertz CT molecular complexity index is 1180. The summed E-state index contributed by atoms with van der Waals surface area (Å²) in [6, 6.07) is 13.9. The Morgan fingerprint density at radius 1 is 1.03 bits per heavy atom. The molecule has 0 aliphatic heterocycles. The van der Waals surface area contributed by atoms with Gasteiger partial charge in [-0.2, -0.15) is 10.5 Å². The largest absolute Gasteiger partial charge is 0.481 e. The Hall–Kier alpha value is -2.82. The van der Waals surface area contributed by atoms with Gasteiger partial charge in [-0.3, -0.25) is 4.79 Å². The van der Waals surface area contributed by atoms with E-state index in [4.69, 9.17) is 11.6 Å². The van der Waals surface area contributed by atoms with Gasteiger partial charge < -0.3 is 5.11 Å². The molecule has 0 spiro atoms. The first-order valence-electron chi connectivity index (χ1n) is 12.3. The molecule has 5 heteroatoms. The summed E-state index contributed by atoms with van der Waals surface area (Å²) in [7, 11) is 0. The van der Waals surface area contributed by atoms with Crippen molar-refractivity contribution in [3.05, 3.63) is 57.6 Å². The third-order valence-corrected chi connectivity index (χ3v) is 8.90. The molecule has 0 saturated heterocycles. The Balaban J connectivity index is 1.75. The van der Waals surface area contributed by atoms with Crippen LogP contribution in [-0.4, -0.2) is 11.1 Å². The Morgan fingerprint density at radius 2 is 1.68 bits per heavy atom. The van der Waals surface area contributed by atoms with Crippen LogP contribution in [0.15, 0.2) is 30.3 Å². The van der Waals surface area contributed by atoms with E-state index < -0.39 is 11.9 Å². The zero-order chi connectivity index (χ0) is 24.5. The van der Waals surface area contributed by atoms with Crippen molar-refractivity contribution < 1.29 is 9.90 Å². The molecule has 1 N–H and O–H groups in total. The summed E-state index contributed by atoms with van der Waals surface area (Å²) in [6.07, 6.45) is 9.80. The van der Waals surface area contributed by atoms with Crippen LogP contribution in [0.25, 0.3) is 11.1 Å². The number of aliphatic carboxylic acids is 1. The fraction of sp³-hybridized carbons (Fsp3) is 0.483. The molecule has 2 aromatic rings. The average Bonchev–Trinajstić information content (AvgIpc) is 2.85. The van der Waals surface area contributed by atoms with Crippen molar-refractivity contribution in [3.63, 3.8) is 0 Å². The Kier molecular flexibility index (Phi) is 6.75. The molecule has 5 rings (SSSR count). The van der Waals surface area contributed by atoms with E-state index in [0.29, 0.717) is 39.1 Å². The molecule has 2 bridgehead atoms. The predicted molar refractivity (Wildman–Crippen MR) is 134 cm³/mol. The number of carboxylic acid groups (broad SMARTS) is 1. The SMILES string of the molecule is CCCC12CCC(c3ccc(-c4ccc(C(CC)C(=O)O)c(Cl)c4)c(C#N)c3C#N)(CC1)CC2. The highest BCUT2D eigenvalue weighted by atomic mass is 35.5. The van der Waals surface area contributed by atoms with Crippen LogP contribution in [0.3, 0.4) is 0 Å². The highest BCUT2D eigenvalue weighted by molar-refractivity contribution is 6.32. The molecule has 1 atom stereocenters. The van der Waals surface area contributed by atoms with Gasteiger partial charge in [-0.25, -0.2) is 0 Å². The normalized spacial score (nSPS) is 24.3. The minimum absolute atomic E-state index is 0.0119. The maximum absolute atomic E-state index is 11.6. The van der Waals surface area contributed by atoms with Gasteiger partial charge in [-0.15, -0.1) is 0 Å². The number of rotatable bonds is 7. The maximum Gasteiger partial charge on any atom is 0.311 e. The van der Waals surface area contributed by atoms with Crippen molar-refractivity contribution in [2.75, 3.05) is 0 Å². The first-order valence-corrected chi connectivity index (χ1v) is 12.7. The molecule has 3 fully saturated rings. The molecule has 4 nitrogen and oxygen atoms in total. The quantitative estimate of drug-likeness (QED) is 0.445. The predicted octanol–water partition coefficient (Wildman–Crippen LogP) is 7.72. The van der Waals surface area contributed by atoms with Crippen molar-refractivity contribution in [2.45, 2.75) is 83.0 Å². The third-order valence-electron chi connectivity index (χ3n) is 8.58. The van der Waals surface area contributed by atoms with Crippen LogP contribution in [0.4, 0.5) is 0 Å². The maximum atomic E-state index is 11.6. The van der Waals surface area contributed by atoms with Crippen molar-refractivity contribution in [3.8, 4) is 23.3 Å². The number of carboxylic acids is 1. The molecular weight excluding hydrogens is 444 g/mol. The zero-order valence-electron chi connectivity index (χ0n) is 20.0. The number of hydrogen-bond donors (Lipinski definition) is 1. The molecular formula is C29H31ClN2O2. The second-order valence-corrected chi connectivity index (χ2v) is 10.6. The summed E-state index contributed by atoms with van der Waals surface area (Å²) in [6.45, 7) is 4.08. The molecule has 34 heavy (non-hydrogen) atoms. The van der Waals surface area contributed by atoms with Gasteiger partial charge in [0.25, 0.3) is 0 Å². The van der Waals surface area contributed by atoms with E-state index in [0.717, 1.165) is 30.4 Å². The van der Waals surface area contributed by atoms with Crippen LogP contribution >= 0.6 is 11.6 Å². The van der Waals surface area contributed by atoms with Gasteiger partial charge in [0.1, 0.15) is 12.1 Å². The van der Waals surface area contributed by atoms with E-state index in [1.165, 1.54) is 32.1 Å². The van der Waals surface area contributed by atoms with Crippen LogP contribution in [0.1, 0.15) is 99.8 Å². The number of carbonyl (C=O) groups is 1. The number of nitrogens with zero attached hydrogens (tertiary/aromatic N) is 2. The Morgan fingerprint density at radius 3 is 2.18 bits per heavy atom. The minimum Gasteiger partial charge on any atom is -0.481 e. The van der Waals surface area contributed by atoms with Gasteiger partial charge in [0.2, 0.25) is 0 Å². The van der Waals surface area contributed by atoms with Gasteiger partial charge in [0, 0.05) is 10.6 Å². The van der Waals surface area contributed by atoms with Gasteiger partial charge in [0.15, 0.2) is 0 Å². The van der Waals surface area contributed by atoms with E-state index >= 15 is 0 Å². The van der Waals surface area contributed by atoms with E-state index in [-0.39, 0.29) is 5.41 Å². The standard InChI is InChI=1S/C29H31ClN2O2/c1-3-9-28-10-13-29(14-11-28,15-12-28)25-8-7-21(23(17-31)24(25)18-32)19-5-6-22(26(30)16-19)20(4-2)27(33)34/h5-8,16,20H,3-4,9-15H2,1-2H3,(H,33,34). The summed E-state index contributed by atoms with van der Waals surface area (Å²) in [5, 5.41) is 30.1. The van der Waals surface area contributed by atoms with Crippen LogP contribution in [0, 0.1) is 28.1 Å². The molecule has 3 saturated carbocycles. The smallest absolute Gasteiger partial charge is 0.311 e. The second kappa shape index (κ2) is 9.44. The fourth-order valence-electron chi connectivity index (χ4n) is 6.59. The highest BCUT2D eigenvalue weighted by Crippen LogP contribution is 2.60. The van der Waals surface area contributed by atoms with Crippen molar-refractivity contribution in [1.29, 1.82) is 10.5 Å². The number of halogens is 1. The lowest BCUT2D eigenvalue weighted by atomic mass is 9.50. The lowest BCUT2D eigenvalue weighted by Crippen LogP contribution is -2.44. The van der Waals surface area contributed by atoms with Crippen LogP contribution < -0.4 is 0 Å². The lowest BCUT2D eigenvalue weighted by molar-refractivity contribution is -0.138. The van der Waals surface area contributed by atoms with Gasteiger partial charge in [0.05, 0.1) is 17.0 Å². The van der Waals surface area contributed by atoms with Crippen LogP contribution in [0.5, 0.6) is 0 Å². The Labute approximate surface area is 207 Å². The van der Waals surface area contributed by atoms with Crippen LogP contribution in [-0.2, 0) is 10.2 Å². The van der Waals surface area contributed by atoms with Crippen molar-refractivity contribution >= 4 is 17.6 Å². The second-order valence-electron chi connectivity index (χ2n) is 10.2. The summed E-state index contributed by atoms with van der Waals surface area (Å²) in [4.78, 5) is 11.6. The van der Waals surface area contributed by atoms with E-state index in [2.05, 4.69) is 25.1 Å².